The van der Waals surface area contributed by atoms with Crippen molar-refractivity contribution < 1.29 is 19.3 Å². The van der Waals surface area contributed by atoms with Gasteiger partial charge < -0.3 is 19.3 Å². The highest BCUT2D eigenvalue weighted by atomic mass is 16.5. The molecule has 0 saturated heterocycles. The molecule has 2 aromatic carbocycles. The maximum atomic E-state index is 10.8. The van der Waals surface area contributed by atoms with Crippen molar-refractivity contribution in [1.29, 1.82) is 0 Å². The van der Waals surface area contributed by atoms with Gasteiger partial charge >= 0.3 is 0 Å². The lowest BCUT2D eigenvalue weighted by atomic mass is 9.97. The molecule has 0 saturated carbocycles. The van der Waals surface area contributed by atoms with Crippen molar-refractivity contribution in [2.45, 2.75) is 32.4 Å². The summed E-state index contributed by atoms with van der Waals surface area (Å²) in [6.45, 7) is 4.90. The Kier molecular flexibility index (Phi) is 6.01. The molecular weight excluding hydrogens is 342 g/mol. The third-order valence-electron chi connectivity index (χ3n) is 4.90. The third kappa shape index (κ3) is 4.25. The fourth-order valence-electron chi connectivity index (χ4n) is 3.17. The number of rotatable bonds is 7. The first-order valence-corrected chi connectivity index (χ1v) is 9.22. The Hall–Kier alpha value is -2.53. The van der Waals surface area contributed by atoms with Gasteiger partial charge in [0.2, 0.25) is 5.90 Å². The zero-order chi connectivity index (χ0) is 19.4. The monoisotopic (exact) mass is 369 g/mol. The fourth-order valence-corrected chi connectivity index (χ4v) is 3.17. The summed E-state index contributed by atoms with van der Waals surface area (Å²) in [5.41, 5.74) is 2.72. The predicted octanol–water partition coefficient (Wildman–Crippen LogP) is 3.78. The Bertz CT molecular complexity index is 816. The van der Waals surface area contributed by atoms with Gasteiger partial charge in [0.15, 0.2) is 11.5 Å². The number of ether oxygens (including phenoxy) is 3. The summed E-state index contributed by atoms with van der Waals surface area (Å²) in [6, 6.07) is 13.6. The summed E-state index contributed by atoms with van der Waals surface area (Å²) in [4.78, 5) is 4.72. The fraction of sp³-hybridized carbons (Fsp3) is 0.409. The summed E-state index contributed by atoms with van der Waals surface area (Å²) >= 11 is 0. The van der Waals surface area contributed by atoms with Gasteiger partial charge in [-0.2, -0.15) is 0 Å². The quantitative estimate of drug-likeness (QED) is 0.807. The standard InChI is InChI=1S/C22H27NO4/c1-14(2)18-13-27-22(23-18)17-8-6-5-7-15(17)11-19(24)16-9-10-20(25-3)21(12-16)26-4/h5-10,12,14,18-19,24H,11,13H2,1-4H3/t18-,19+/m1/s1. The first-order valence-electron chi connectivity index (χ1n) is 9.22. The van der Waals surface area contributed by atoms with Gasteiger partial charge in [-0.3, -0.25) is 0 Å². The molecule has 144 valence electrons. The van der Waals surface area contributed by atoms with E-state index < -0.39 is 6.10 Å². The highest BCUT2D eigenvalue weighted by molar-refractivity contribution is 5.96. The lowest BCUT2D eigenvalue weighted by Crippen LogP contribution is -2.13. The lowest BCUT2D eigenvalue weighted by Gasteiger charge is -2.16. The predicted molar refractivity (Wildman–Crippen MR) is 106 cm³/mol. The summed E-state index contributed by atoms with van der Waals surface area (Å²) in [6.07, 6.45) is -0.214. The van der Waals surface area contributed by atoms with Gasteiger partial charge in [-0.15, -0.1) is 0 Å². The summed E-state index contributed by atoms with van der Waals surface area (Å²) in [5, 5.41) is 10.8. The Morgan fingerprint density at radius 3 is 2.52 bits per heavy atom. The highest BCUT2D eigenvalue weighted by Gasteiger charge is 2.25. The van der Waals surface area contributed by atoms with Crippen LogP contribution in [0.3, 0.4) is 0 Å². The van der Waals surface area contributed by atoms with Crippen LogP contribution in [0.15, 0.2) is 47.5 Å². The summed E-state index contributed by atoms with van der Waals surface area (Å²) in [7, 11) is 3.18. The average molecular weight is 369 g/mol. The number of aliphatic hydroxyl groups excluding tert-OH is 1. The van der Waals surface area contributed by atoms with Crippen LogP contribution < -0.4 is 9.47 Å². The molecule has 0 radical (unpaired) electrons. The van der Waals surface area contributed by atoms with Crippen LogP contribution in [-0.2, 0) is 11.2 Å². The van der Waals surface area contributed by atoms with Crippen LogP contribution in [0.1, 0.15) is 36.6 Å². The van der Waals surface area contributed by atoms with E-state index in [2.05, 4.69) is 13.8 Å². The lowest BCUT2D eigenvalue weighted by molar-refractivity contribution is 0.177. The Balaban J connectivity index is 1.83. The van der Waals surface area contributed by atoms with Crippen LogP contribution in [-0.4, -0.2) is 37.9 Å². The number of aliphatic imine (C=N–C) groups is 1. The molecule has 1 aliphatic rings. The summed E-state index contributed by atoms with van der Waals surface area (Å²) < 4.78 is 16.4. The molecule has 1 N–H and O–H groups in total. The molecule has 27 heavy (non-hydrogen) atoms. The SMILES string of the molecule is COc1ccc([C@@H](O)Cc2ccccc2C2=N[C@@H](C(C)C)CO2)cc1OC. The van der Waals surface area contributed by atoms with E-state index in [0.717, 1.165) is 16.7 Å². The number of aliphatic hydroxyl groups is 1. The second-order valence-electron chi connectivity index (χ2n) is 7.05. The molecule has 1 heterocycles. The molecule has 2 aromatic rings. The Morgan fingerprint density at radius 2 is 1.85 bits per heavy atom. The molecule has 3 rings (SSSR count). The van der Waals surface area contributed by atoms with Crippen molar-refractivity contribution in [3.63, 3.8) is 0 Å². The van der Waals surface area contributed by atoms with Gasteiger partial charge in [0, 0.05) is 12.0 Å². The molecule has 0 amide bonds. The number of benzene rings is 2. The topological polar surface area (TPSA) is 60.3 Å². The van der Waals surface area contributed by atoms with E-state index in [4.69, 9.17) is 19.2 Å². The van der Waals surface area contributed by atoms with Crippen molar-refractivity contribution in [2.24, 2.45) is 10.9 Å². The molecule has 0 bridgehead atoms. The van der Waals surface area contributed by atoms with Gasteiger partial charge in [0.1, 0.15) is 6.61 Å². The van der Waals surface area contributed by atoms with Crippen LogP contribution in [0.25, 0.3) is 0 Å². The molecule has 5 nitrogen and oxygen atoms in total. The third-order valence-corrected chi connectivity index (χ3v) is 4.90. The van der Waals surface area contributed by atoms with Gasteiger partial charge in [0.05, 0.1) is 26.4 Å². The normalized spacial score (nSPS) is 17.4. The molecular formula is C22H27NO4. The largest absolute Gasteiger partial charge is 0.493 e. The second kappa shape index (κ2) is 8.44. The Labute approximate surface area is 160 Å². The zero-order valence-corrected chi connectivity index (χ0v) is 16.3. The first-order chi connectivity index (χ1) is 13.0. The van der Waals surface area contributed by atoms with Crippen molar-refractivity contribution >= 4 is 5.90 Å². The van der Waals surface area contributed by atoms with Gasteiger partial charge in [-0.25, -0.2) is 4.99 Å². The van der Waals surface area contributed by atoms with Crippen molar-refractivity contribution in [3.05, 3.63) is 59.2 Å². The van der Waals surface area contributed by atoms with Gasteiger partial charge in [-0.05, 0) is 35.2 Å². The average Bonchev–Trinajstić information content (AvgIpc) is 3.18. The van der Waals surface area contributed by atoms with Crippen LogP contribution in [0.4, 0.5) is 0 Å². The molecule has 1 aliphatic heterocycles. The van der Waals surface area contributed by atoms with Gasteiger partial charge in [0.25, 0.3) is 0 Å². The summed E-state index contributed by atoms with van der Waals surface area (Å²) in [5.74, 6) is 2.35. The van der Waals surface area contributed by atoms with E-state index in [0.29, 0.717) is 36.3 Å². The first kappa shape index (κ1) is 19.2. The van der Waals surface area contributed by atoms with E-state index in [1.54, 1.807) is 20.3 Å². The molecule has 0 fully saturated rings. The van der Waals surface area contributed by atoms with Gasteiger partial charge in [-0.1, -0.05) is 38.1 Å². The van der Waals surface area contributed by atoms with E-state index in [9.17, 15) is 5.11 Å². The van der Waals surface area contributed by atoms with E-state index in [1.807, 2.05) is 36.4 Å². The molecule has 2 atom stereocenters. The van der Waals surface area contributed by atoms with Crippen LogP contribution in [0.5, 0.6) is 11.5 Å². The maximum Gasteiger partial charge on any atom is 0.216 e. The minimum Gasteiger partial charge on any atom is -0.493 e. The van der Waals surface area contributed by atoms with Crippen molar-refractivity contribution in [2.75, 3.05) is 20.8 Å². The smallest absolute Gasteiger partial charge is 0.216 e. The van der Waals surface area contributed by atoms with Crippen LogP contribution >= 0.6 is 0 Å². The maximum absolute atomic E-state index is 10.8. The van der Waals surface area contributed by atoms with Crippen molar-refractivity contribution in [3.8, 4) is 11.5 Å². The second-order valence-corrected chi connectivity index (χ2v) is 7.05. The molecule has 5 heteroatoms. The minimum absolute atomic E-state index is 0.184. The van der Waals surface area contributed by atoms with Crippen LogP contribution in [0.2, 0.25) is 0 Å². The zero-order valence-electron chi connectivity index (χ0n) is 16.3. The highest BCUT2D eigenvalue weighted by Crippen LogP contribution is 2.31. The molecule has 0 spiro atoms. The minimum atomic E-state index is -0.672. The Morgan fingerprint density at radius 1 is 1.11 bits per heavy atom. The van der Waals surface area contributed by atoms with E-state index in [1.165, 1.54) is 0 Å². The van der Waals surface area contributed by atoms with Crippen LogP contribution in [0, 0.1) is 5.92 Å². The molecule has 0 aromatic heterocycles. The van der Waals surface area contributed by atoms with E-state index in [-0.39, 0.29) is 6.04 Å². The number of methoxy groups -OCH3 is 2. The number of hydrogen-bond donors (Lipinski definition) is 1. The number of nitrogens with zero attached hydrogens (tertiary/aromatic N) is 1. The number of hydrogen-bond acceptors (Lipinski definition) is 5. The molecule has 0 aliphatic carbocycles. The van der Waals surface area contributed by atoms with Crippen molar-refractivity contribution in [1.82, 2.24) is 0 Å². The van der Waals surface area contributed by atoms with E-state index >= 15 is 0 Å². The molecule has 0 unspecified atom stereocenters.